The molecule has 2 heterocycles. The lowest BCUT2D eigenvalue weighted by Crippen LogP contribution is -1.89. The van der Waals surface area contributed by atoms with Crippen molar-refractivity contribution in [2.24, 2.45) is 4.99 Å². The van der Waals surface area contributed by atoms with Gasteiger partial charge in [-0.2, -0.15) is 0 Å². The van der Waals surface area contributed by atoms with Crippen molar-refractivity contribution in [1.82, 2.24) is 4.98 Å². The van der Waals surface area contributed by atoms with Crippen molar-refractivity contribution < 1.29 is 0 Å². The van der Waals surface area contributed by atoms with Gasteiger partial charge in [0.1, 0.15) is 0 Å². The fourth-order valence-corrected chi connectivity index (χ4v) is 1.29. The quantitative estimate of drug-likeness (QED) is 0.545. The van der Waals surface area contributed by atoms with Gasteiger partial charge in [0.25, 0.3) is 0 Å². The third-order valence-electron chi connectivity index (χ3n) is 1.81. The lowest BCUT2D eigenvalue weighted by atomic mass is 10.1. The minimum Gasteiger partial charge on any atom is -0.264 e. The first kappa shape index (κ1) is 6.28. The Morgan fingerprint density at radius 3 is 2.91 bits per heavy atom. The molecule has 1 aromatic heterocycles. The van der Waals surface area contributed by atoms with Crippen molar-refractivity contribution in [1.29, 1.82) is 0 Å². The smallest absolute Gasteiger partial charge is 0.0640 e. The highest BCUT2D eigenvalue weighted by molar-refractivity contribution is 5.97. The molecule has 1 aliphatic rings. The average Bonchev–Trinajstić information content (AvgIpc) is 2.34. The maximum absolute atomic E-state index is 4.11. The lowest BCUT2D eigenvalue weighted by Gasteiger charge is -2.00. The van der Waals surface area contributed by atoms with Crippen LogP contribution >= 0.6 is 0 Å². The number of aromatic nitrogens is 1. The molecule has 0 bridgehead atoms. The Labute approximate surface area is 65.3 Å². The van der Waals surface area contributed by atoms with Crippen LogP contribution in [0.15, 0.2) is 24.0 Å². The Kier molecular flexibility index (Phi) is 1.15. The normalized spacial score (nSPS) is 13.7. The zero-order valence-electron chi connectivity index (χ0n) is 6.33. The molecule has 0 fully saturated rings. The largest absolute Gasteiger partial charge is 0.264 e. The Bertz CT molecular complexity index is 351. The average molecular weight is 144 g/mol. The van der Waals surface area contributed by atoms with Gasteiger partial charge in [0.15, 0.2) is 0 Å². The van der Waals surface area contributed by atoms with Gasteiger partial charge in [-0.15, -0.1) is 0 Å². The van der Waals surface area contributed by atoms with Crippen LogP contribution in [-0.4, -0.2) is 11.2 Å². The van der Waals surface area contributed by atoms with Crippen LogP contribution in [0.1, 0.15) is 16.7 Å². The minimum absolute atomic E-state index is 0.847. The first-order valence-electron chi connectivity index (χ1n) is 3.47. The molecule has 0 unspecified atom stereocenters. The summed E-state index contributed by atoms with van der Waals surface area (Å²) in [7, 11) is 0. The van der Waals surface area contributed by atoms with Crippen LogP contribution in [-0.2, 0) is 0 Å². The summed E-state index contributed by atoms with van der Waals surface area (Å²) in [6, 6.07) is 0. The highest BCUT2D eigenvalue weighted by Crippen LogP contribution is 2.25. The molecule has 54 valence electrons. The van der Waals surface area contributed by atoms with Gasteiger partial charge in [0, 0.05) is 29.7 Å². The molecule has 0 aliphatic carbocycles. The summed E-state index contributed by atoms with van der Waals surface area (Å²) >= 11 is 0. The number of hydrogen-bond donors (Lipinski definition) is 0. The van der Waals surface area contributed by atoms with Crippen LogP contribution in [0.4, 0.5) is 0 Å². The van der Waals surface area contributed by atoms with Gasteiger partial charge in [-0.05, 0) is 12.5 Å². The van der Waals surface area contributed by atoms with Crippen molar-refractivity contribution in [2.75, 3.05) is 0 Å². The summed E-state index contributed by atoms with van der Waals surface area (Å²) in [5, 5.41) is 0. The summed E-state index contributed by atoms with van der Waals surface area (Å²) in [5.74, 6) is 0. The summed E-state index contributed by atoms with van der Waals surface area (Å²) in [6.45, 7) is 5.85. The maximum Gasteiger partial charge on any atom is 0.0640 e. The van der Waals surface area contributed by atoms with Crippen molar-refractivity contribution in [3.8, 4) is 0 Å². The third kappa shape index (κ3) is 0.792. The summed E-state index contributed by atoms with van der Waals surface area (Å²) in [6.07, 6.45) is 5.44. The number of nitrogens with zero attached hydrogens (tertiary/aromatic N) is 2. The van der Waals surface area contributed by atoms with E-state index in [1.54, 1.807) is 6.21 Å². The predicted molar refractivity (Wildman–Crippen MR) is 45.6 cm³/mol. The molecule has 11 heavy (non-hydrogen) atoms. The molecule has 0 saturated carbocycles. The molecule has 1 aliphatic heterocycles. The second-order valence-electron chi connectivity index (χ2n) is 2.63. The van der Waals surface area contributed by atoms with E-state index in [1.807, 2.05) is 19.3 Å². The number of aryl methyl sites for hydroxylation is 1. The van der Waals surface area contributed by atoms with Crippen LogP contribution in [0, 0.1) is 6.92 Å². The third-order valence-corrected chi connectivity index (χ3v) is 1.81. The monoisotopic (exact) mass is 144 g/mol. The molecule has 0 radical (unpaired) electrons. The number of hydrogen-bond acceptors (Lipinski definition) is 2. The van der Waals surface area contributed by atoms with Gasteiger partial charge in [0.05, 0.1) is 5.70 Å². The van der Waals surface area contributed by atoms with E-state index in [0.717, 1.165) is 22.4 Å². The van der Waals surface area contributed by atoms with Gasteiger partial charge < -0.3 is 0 Å². The summed E-state index contributed by atoms with van der Waals surface area (Å²) < 4.78 is 0. The lowest BCUT2D eigenvalue weighted by molar-refractivity contribution is 1.25. The molecule has 2 heteroatoms. The molecule has 0 saturated heterocycles. The Balaban J connectivity index is 2.74. The molecule has 1 aromatic rings. The fourth-order valence-electron chi connectivity index (χ4n) is 1.29. The van der Waals surface area contributed by atoms with E-state index in [2.05, 4.69) is 16.6 Å². The van der Waals surface area contributed by atoms with Crippen molar-refractivity contribution in [3.05, 3.63) is 35.7 Å². The molecule has 0 N–H and O–H groups in total. The second-order valence-corrected chi connectivity index (χ2v) is 2.63. The van der Waals surface area contributed by atoms with E-state index in [0.29, 0.717) is 0 Å². The van der Waals surface area contributed by atoms with E-state index in [9.17, 15) is 0 Å². The van der Waals surface area contributed by atoms with Crippen molar-refractivity contribution in [3.63, 3.8) is 0 Å². The highest BCUT2D eigenvalue weighted by atomic mass is 14.8. The van der Waals surface area contributed by atoms with Gasteiger partial charge in [-0.3, -0.25) is 9.98 Å². The number of pyridine rings is 1. The van der Waals surface area contributed by atoms with Crippen molar-refractivity contribution in [2.45, 2.75) is 6.92 Å². The highest BCUT2D eigenvalue weighted by Gasteiger charge is 2.11. The van der Waals surface area contributed by atoms with Crippen LogP contribution in [0.5, 0.6) is 0 Å². The standard InChI is InChI=1S/C9H8N2/c1-6-3-10-4-8-5-11-7(2)9(6)8/h3-5H,2H2,1H3. The van der Waals surface area contributed by atoms with E-state index in [1.165, 1.54) is 0 Å². The van der Waals surface area contributed by atoms with E-state index >= 15 is 0 Å². The summed E-state index contributed by atoms with van der Waals surface area (Å²) in [5.41, 5.74) is 4.21. The Morgan fingerprint density at radius 2 is 2.18 bits per heavy atom. The molecule has 0 amide bonds. The van der Waals surface area contributed by atoms with Gasteiger partial charge in [-0.25, -0.2) is 0 Å². The first-order valence-corrected chi connectivity index (χ1v) is 3.47. The molecular weight excluding hydrogens is 136 g/mol. The first-order chi connectivity index (χ1) is 5.29. The van der Waals surface area contributed by atoms with Gasteiger partial charge >= 0.3 is 0 Å². The van der Waals surface area contributed by atoms with E-state index in [-0.39, 0.29) is 0 Å². The van der Waals surface area contributed by atoms with E-state index < -0.39 is 0 Å². The van der Waals surface area contributed by atoms with Crippen LogP contribution < -0.4 is 0 Å². The SMILES string of the molecule is C=C1N=Cc2cncc(C)c21. The topological polar surface area (TPSA) is 25.2 Å². The molecule has 0 atom stereocenters. The van der Waals surface area contributed by atoms with Crippen LogP contribution in [0.3, 0.4) is 0 Å². The number of rotatable bonds is 0. The zero-order valence-corrected chi connectivity index (χ0v) is 6.33. The zero-order chi connectivity index (χ0) is 7.84. The Morgan fingerprint density at radius 1 is 1.36 bits per heavy atom. The van der Waals surface area contributed by atoms with Gasteiger partial charge in [-0.1, -0.05) is 6.58 Å². The second kappa shape index (κ2) is 2.02. The van der Waals surface area contributed by atoms with Crippen LogP contribution in [0.25, 0.3) is 5.70 Å². The fraction of sp³-hybridized carbons (Fsp3) is 0.111. The molecule has 2 nitrogen and oxygen atoms in total. The van der Waals surface area contributed by atoms with Crippen LogP contribution in [0.2, 0.25) is 0 Å². The number of fused-ring (bicyclic) bond motifs is 1. The molecule has 0 spiro atoms. The molecular formula is C9H8N2. The van der Waals surface area contributed by atoms with Crippen molar-refractivity contribution >= 4 is 11.9 Å². The minimum atomic E-state index is 0.847. The predicted octanol–water partition coefficient (Wildman–Crippen LogP) is 1.79. The number of aliphatic imine (C=N–C) groups is 1. The van der Waals surface area contributed by atoms with E-state index in [4.69, 9.17) is 0 Å². The molecule has 2 rings (SSSR count). The molecule has 0 aromatic carbocycles. The summed E-state index contributed by atoms with van der Waals surface area (Å²) in [4.78, 5) is 8.16. The Hall–Kier alpha value is -1.44. The maximum atomic E-state index is 4.11. The van der Waals surface area contributed by atoms with Gasteiger partial charge in [0.2, 0.25) is 0 Å².